The van der Waals surface area contributed by atoms with Crippen LogP contribution in [0.15, 0.2) is 24.3 Å². The monoisotopic (exact) mass is 336 g/mol. The predicted molar refractivity (Wildman–Crippen MR) is 71.3 cm³/mol. The molecule has 10 heteroatoms. The highest BCUT2D eigenvalue weighted by molar-refractivity contribution is 5.78. The van der Waals surface area contributed by atoms with E-state index in [1.807, 2.05) is 0 Å². The molecule has 0 bridgehead atoms. The first-order valence-electron chi connectivity index (χ1n) is 6.14. The maximum Gasteiger partial charge on any atom is 0.482 e. The number of rotatable bonds is 2. The maximum atomic E-state index is 12.7. The van der Waals surface area contributed by atoms with Gasteiger partial charge in [-0.15, -0.1) is 10.2 Å². The molecular formula is C13H10F6N4. The number of hydrogen-bond acceptors (Lipinski definition) is 4. The molecule has 0 radical (unpaired) electrons. The van der Waals surface area contributed by atoms with Crippen LogP contribution in [0.5, 0.6) is 0 Å². The van der Waals surface area contributed by atoms with Gasteiger partial charge in [0.2, 0.25) is 0 Å². The largest absolute Gasteiger partial charge is 0.482 e. The summed E-state index contributed by atoms with van der Waals surface area (Å²) in [7, 11) is 0. The first-order valence-corrected chi connectivity index (χ1v) is 6.14. The highest BCUT2D eigenvalue weighted by atomic mass is 19.4. The molecule has 3 N–H and O–H groups in total. The van der Waals surface area contributed by atoms with Crippen molar-refractivity contribution >= 4 is 11.5 Å². The molecule has 0 amide bonds. The van der Waals surface area contributed by atoms with Crippen LogP contribution in [0.4, 0.5) is 37.8 Å². The number of alkyl halides is 6. The van der Waals surface area contributed by atoms with Crippen LogP contribution in [0.1, 0.15) is 11.1 Å². The molecule has 4 nitrogen and oxygen atoms in total. The lowest BCUT2D eigenvalue weighted by molar-refractivity contribution is -0.137. The quantitative estimate of drug-likeness (QED) is 0.643. The molecule has 2 aromatic rings. The minimum absolute atomic E-state index is 0.000301. The van der Waals surface area contributed by atoms with Crippen LogP contribution >= 0.6 is 0 Å². The topological polar surface area (TPSA) is 63.8 Å². The summed E-state index contributed by atoms with van der Waals surface area (Å²) in [5.41, 5.74) is 3.64. The van der Waals surface area contributed by atoms with Crippen molar-refractivity contribution in [3.8, 4) is 11.3 Å². The smallest absolute Gasteiger partial charge is 0.382 e. The SMILES string of the molecule is Cc1cc(N)nnc1-c1ccc(C(F)(F)F)cc1NC(F)(F)F. The average Bonchev–Trinajstić information content (AvgIpc) is 2.36. The van der Waals surface area contributed by atoms with Crippen LogP contribution in [-0.2, 0) is 6.18 Å². The third-order valence-corrected chi connectivity index (χ3v) is 2.88. The fraction of sp³-hybridized carbons (Fsp3) is 0.231. The van der Waals surface area contributed by atoms with E-state index in [9.17, 15) is 26.3 Å². The molecule has 0 spiro atoms. The van der Waals surface area contributed by atoms with Gasteiger partial charge >= 0.3 is 12.5 Å². The lowest BCUT2D eigenvalue weighted by Gasteiger charge is -2.17. The number of nitrogens with one attached hydrogen (secondary N) is 1. The molecule has 1 heterocycles. The van der Waals surface area contributed by atoms with Crippen LogP contribution in [0, 0.1) is 6.92 Å². The number of anilines is 2. The molecule has 0 unspecified atom stereocenters. The number of aryl methyl sites for hydroxylation is 1. The fourth-order valence-corrected chi connectivity index (χ4v) is 1.96. The second-order valence-corrected chi connectivity index (χ2v) is 4.68. The summed E-state index contributed by atoms with van der Waals surface area (Å²) in [6.45, 7) is 1.51. The molecule has 1 aromatic carbocycles. The zero-order valence-corrected chi connectivity index (χ0v) is 11.5. The second-order valence-electron chi connectivity index (χ2n) is 4.68. The Morgan fingerprint density at radius 3 is 2.17 bits per heavy atom. The van der Waals surface area contributed by atoms with Gasteiger partial charge in [0, 0.05) is 5.56 Å². The molecule has 0 aliphatic rings. The van der Waals surface area contributed by atoms with Gasteiger partial charge in [0.05, 0.1) is 16.9 Å². The van der Waals surface area contributed by atoms with Gasteiger partial charge in [-0.3, -0.25) is 5.32 Å². The van der Waals surface area contributed by atoms with Crippen LogP contribution in [0.3, 0.4) is 0 Å². The number of benzene rings is 1. The Labute approximate surface area is 126 Å². The number of halogens is 6. The number of aromatic nitrogens is 2. The number of nitrogen functional groups attached to an aromatic ring is 1. The predicted octanol–water partition coefficient (Wildman–Crippen LogP) is 3.98. The van der Waals surface area contributed by atoms with Crippen molar-refractivity contribution in [2.45, 2.75) is 19.4 Å². The van der Waals surface area contributed by atoms with Crippen molar-refractivity contribution in [3.05, 3.63) is 35.4 Å². The van der Waals surface area contributed by atoms with Crippen molar-refractivity contribution in [3.63, 3.8) is 0 Å². The third kappa shape index (κ3) is 4.02. The molecule has 0 saturated carbocycles. The van der Waals surface area contributed by atoms with Crippen LogP contribution in [0.25, 0.3) is 11.3 Å². The molecule has 0 aliphatic heterocycles. The maximum absolute atomic E-state index is 12.7. The van der Waals surface area contributed by atoms with Gasteiger partial charge in [0.1, 0.15) is 5.82 Å². The molecule has 2 rings (SSSR count). The lowest BCUT2D eigenvalue weighted by atomic mass is 10.0. The minimum atomic E-state index is -4.91. The summed E-state index contributed by atoms with van der Waals surface area (Å²) in [4.78, 5) is 0. The van der Waals surface area contributed by atoms with Gasteiger partial charge in [-0.25, -0.2) is 0 Å². The zero-order chi connectivity index (χ0) is 17.4. The van der Waals surface area contributed by atoms with Gasteiger partial charge in [0.15, 0.2) is 0 Å². The summed E-state index contributed by atoms with van der Waals surface area (Å²) in [6.07, 6.45) is -9.68. The summed E-state index contributed by atoms with van der Waals surface area (Å²) < 4.78 is 75.9. The summed E-state index contributed by atoms with van der Waals surface area (Å²) in [5, 5.41) is 8.29. The average molecular weight is 336 g/mol. The summed E-state index contributed by atoms with van der Waals surface area (Å²) in [6, 6.07) is 3.32. The van der Waals surface area contributed by atoms with E-state index in [2.05, 4.69) is 10.2 Å². The van der Waals surface area contributed by atoms with Gasteiger partial charge in [-0.2, -0.15) is 26.3 Å². The van der Waals surface area contributed by atoms with Crippen molar-refractivity contribution in [2.75, 3.05) is 11.1 Å². The van der Waals surface area contributed by atoms with E-state index in [1.165, 1.54) is 13.0 Å². The molecule has 0 aliphatic carbocycles. The molecule has 23 heavy (non-hydrogen) atoms. The highest BCUT2D eigenvalue weighted by Gasteiger charge is 2.34. The van der Waals surface area contributed by atoms with Crippen LogP contribution < -0.4 is 11.1 Å². The van der Waals surface area contributed by atoms with Gasteiger partial charge in [-0.05, 0) is 30.7 Å². The number of nitrogens with two attached hydrogens (primary N) is 1. The van der Waals surface area contributed by atoms with E-state index in [4.69, 9.17) is 5.73 Å². The lowest BCUT2D eigenvalue weighted by Crippen LogP contribution is -2.22. The fourth-order valence-electron chi connectivity index (χ4n) is 1.96. The van der Waals surface area contributed by atoms with Gasteiger partial charge < -0.3 is 5.73 Å². The van der Waals surface area contributed by atoms with E-state index >= 15 is 0 Å². The van der Waals surface area contributed by atoms with Crippen molar-refractivity contribution in [1.29, 1.82) is 0 Å². The van der Waals surface area contributed by atoms with Crippen LogP contribution in [-0.4, -0.2) is 16.5 Å². The second kappa shape index (κ2) is 5.60. The van der Waals surface area contributed by atoms with E-state index in [-0.39, 0.29) is 17.1 Å². The molecule has 0 atom stereocenters. The van der Waals surface area contributed by atoms with E-state index in [0.29, 0.717) is 17.7 Å². The first-order chi connectivity index (χ1) is 10.5. The van der Waals surface area contributed by atoms with E-state index in [0.717, 1.165) is 11.4 Å². The minimum Gasteiger partial charge on any atom is -0.382 e. The van der Waals surface area contributed by atoms with Gasteiger partial charge in [0.25, 0.3) is 0 Å². The van der Waals surface area contributed by atoms with Crippen molar-refractivity contribution in [2.24, 2.45) is 0 Å². The first kappa shape index (κ1) is 16.8. The van der Waals surface area contributed by atoms with E-state index in [1.54, 1.807) is 0 Å². The summed E-state index contributed by atoms with van der Waals surface area (Å²) in [5.74, 6) is 0.0449. The Bertz CT molecular complexity index is 723. The van der Waals surface area contributed by atoms with Crippen LogP contribution in [0.2, 0.25) is 0 Å². The highest BCUT2D eigenvalue weighted by Crippen LogP contribution is 2.37. The Hall–Kier alpha value is -2.52. The molecular weight excluding hydrogens is 326 g/mol. The Balaban J connectivity index is 2.62. The van der Waals surface area contributed by atoms with Crippen molar-refractivity contribution in [1.82, 2.24) is 10.2 Å². The third-order valence-electron chi connectivity index (χ3n) is 2.88. The molecule has 0 saturated heterocycles. The number of hydrogen-bond donors (Lipinski definition) is 2. The number of nitrogens with zero attached hydrogens (tertiary/aromatic N) is 2. The Morgan fingerprint density at radius 1 is 1.00 bits per heavy atom. The molecule has 0 fully saturated rings. The van der Waals surface area contributed by atoms with E-state index < -0.39 is 23.7 Å². The molecule has 124 valence electrons. The normalized spacial score (nSPS) is 12.3. The van der Waals surface area contributed by atoms with Crippen molar-refractivity contribution < 1.29 is 26.3 Å². The zero-order valence-electron chi connectivity index (χ0n) is 11.5. The standard InChI is InChI=1S/C13H10F6N4/c1-6-4-10(20)22-23-11(6)8-3-2-7(12(14,15)16)5-9(8)21-13(17,18)19/h2-5,21H,1H3,(H2,20,22). The molecule has 1 aromatic heterocycles. The Kier molecular flexibility index (Phi) is 4.10. The summed E-state index contributed by atoms with van der Waals surface area (Å²) >= 11 is 0. The van der Waals surface area contributed by atoms with Gasteiger partial charge in [-0.1, -0.05) is 6.07 Å². The Morgan fingerprint density at radius 2 is 1.65 bits per heavy atom.